The van der Waals surface area contributed by atoms with Crippen molar-refractivity contribution in [3.8, 4) is 0 Å². The molecule has 5 nitrogen and oxygen atoms in total. The lowest BCUT2D eigenvalue weighted by molar-refractivity contribution is -0.136. The average Bonchev–Trinajstić information content (AvgIpc) is 2.27. The molecule has 0 fully saturated rings. The van der Waals surface area contributed by atoms with Crippen molar-refractivity contribution in [2.45, 2.75) is 18.2 Å². The quantitative estimate of drug-likeness (QED) is 0.798. The Hall–Kier alpha value is -1.69. The highest BCUT2D eigenvalue weighted by Gasteiger charge is 2.16. The summed E-state index contributed by atoms with van der Waals surface area (Å²) in [6.45, 7) is 1.38. The van der Waals surface area contributed by atoms with E-state index in [2.05, 4.69) is 0 Å². The zero-order valence-corrected chi connectivity index (χ0v) is 10.0. The van der Waals surface area contributed by atoms with Crippen molar-refractivity contribution in [1.82, 2.24) is 0 Å². The van der Waals surface area contributed by atoms with Gasteiger partial charge in [0.1, 0.15) is 0 Å². The first-order valence-corrected chi connectivity index (χ1v) is 6.54. The Morgan fingerprint density at radius 1 is 1.18 bits per heavy atom. The molecule has 0 saturated heterocycles. The van der Waals surface area contributed by atoms with Gasteiger partial charge in [-0.25, -0.2) is 8.42 Å². The number of hydrogen-bond acceptors (Lipinski definition) is 4. The predicted molar refractivity (Wildman–Crippen MR) is 60.8 cm³/mol. The molecule has 1 rings (SSSR count). The van der Waals surface area contributed by atoms with E-state index in [-0.39, 0.29) is 10.7 Å². The first-order valence-electron chi connectivity index (χ1n) is 4.88. The van der Waals surface area contributed by atoms with Gasteiger partial charge in [-0.1, -0.05) is 12.1 Å². The first kappa shape index (κ1) is 13.4. The molecular formula is C11H12O5S. The predicted octanol–water partition coefficient (Wildman–Crippen LogP) is 1.14. The summed E-state index contributed by atoms with van der Waals surface area (Å²) in [5, 5.41) is 8.43. The lowest BCUT2D eigenvalue weighted by Gasteiger charge is -2.03. The third-order valence-corrected chi connectivity index (χ3v) is 3.94. The Labute approximate surface area is 99.0 Å². The largest absolute Gasteiger partial charge is 0.481 e. The first-order chi connectivity index (χ1) is 7.83. The molecule has 0 saturated carbocycles. The Kier molecular flexibility index (Phi) is 4.01. The maximum atomic E-state index is 11.7. The van der Waals surface area contributed by atoms with Gasteiger partial charge in [-0.05, 0) is 19.1 Å². The maximum Gasteiger partial charge on any atom is 0.304 e. The molecule has 92 valence electrons. The topological polar surface area (TPSA) is 88.5 Å². The van der Waals surface area contributed by atoms with Gasteiger partial charge in [0.05, 0.1) is 17.1 Å². The molecule has 0 radical (unpaired) electrons. The molecule has 1 aromatic carbocycles. The molecule has 0 aliphatic rings. The van der Waals surface area contributed by atoms with E-state index in [4.69, 9.17) is 5.11 Å². The van der Waals surface area contributed by atoms with E-state index in [0.717, 1.165) is 0 Å². The zero-order valence-electron chi connectivity index (χ0n) is 9.21. The van der Waals surface area contributed by atoms with Crippen LogP contribution in [0.3, 0.4) is 0 Å². The molecule has 0 amide bonds. The SMILES string of the molecule is CC(=O)c1ccc(S(=O)(=O)CCC(=O)O)cc1. The third-order valence-electron chi connectivity index (χ3n) is 2.20. The van der Waals surface area contributed by atoms with Crippen LogP contribution in [-0.4, -0.2) is 31.0 Å². The smallest absolute Gasteiger partial charge is 0.304 e. The Bertz CT molecular complexity index is 527. The number of carboxylic acids is 1. The minimum Gasteiger partial charge on any atom is -0.481 e. The summed E-state index contributed by atoms with van der Waals surface area (Å²) in [7, 11) is -3.59. The molecular weight excluding hydrogens is 244 g/mol. The molecule has 0 aromatic heterocycles. The highest BCUT2D eigenvalue weighted by molar-refractivity contribution is 7.91. The number of rotatable bonds is 5. The maximum absolute atomic E-state index is 11.7. The summed E-state index contributed by atoms with van der Waals surface area (Å²) in [5.74, 6) is -1.75. The van der Waals surface area contributed by atoms with Crippen LogP contribution in [0.1, 0.15) is 23.7 Å². The number of hydrogen-bond donors (Lipinski definition) is 1. The van der Waals surface area contributed by atoms with E-state index in [1.807, 2.05) is 0 Å². The second-order valence-electron chi connectivity index (χ2n) is 3.54. The van der Waals surface area contributed by atoms with Crippen molar-refractivity contribution in [3.05, 3.63) is 29.8 Å². The van der Waals surface area contributed by atoms with Gasteiger partial charge in [0, 0.05) is 5.56 Å². The fraction of sp³-hybridized carbons (Fsp3) is 0.273. The molecule has 17 heavy (non-hydrogen) atoms. The summed E-state index contributed by atoms with van der Waals surface area (Å²) in [4.78, 5) is 21.3. The van der Waals surface area contributed by atoms with Gasteiger partial charge in [0.2, 0.25) is 0 Å². The molecule has 0 atom stereocenters. The zero-order chi connectivity index (χ0) is 13.1. The molecule has 0 bridgehead atoms. The average molecular weight is 256 g/mol. The van der Waals surface area contributed by atoms with Crippen LogP contribution in [0.5, 0.6) is 0 Å². The van der Waals surface area contributed by atoms with Crippen LogP contribution in [0.4, 0.5) is 0 Å². The summed E-state index contributed by atoms with van der Waals surface area (Å²) >= 11 is 0. The number of Topliss-reactive ketones (excluding diaryl/α,β-unsaturated/α-hetero) is 1. The fourth-order valence-corrected chi connectivity index (χ4v) is 2.47. The fourth-order valence-electron chi connectivity index (χ4n) is 1.24. The van der Waals surface area contributed by atoms with Gasteiger partial charge in [0.25, 0.3) is 0 Å². The van der Waals surface area contributed by atoms with Gasteiger partial charge in [-0.3, -0.25) is 9.59 Å². The van der Waals surface area contributed by atoms with Crippen molar-refractivity contribution in [2.75, 3.05) is 5.75 Å². The number of sulfone groups is 1. The molecule has 0 unspecified atom stereocenters. The second kappa shape index (κ2) is 5.09. The number of carbonyl (C=O) groups excluding carboxylic acids is 1. The van der Waals surface area contributed by atoms with Crippen LogP contribution in [0.2, 0.25) is 0 Å². The highest BCUT2D eigenvalue weighted by atomic mass is 32.2. The van der Waals surface area contributed by atoms with Crippen LogP contribution >= 0.6 is 0 Å². The van der Waals surface area contributed by atoms with Gasteiger partial charge in [-0.2, -0.15) is 0 Å². The van der Waals surface area contributed by atoms with E-state index in [1.54, 1.807) is 0 Å². The van der Waals surface area contributed by atoms with Gasteiger partial charge < -0.3 is 5.11 Å². The number of carboxylic acid groups (broad SMARTS) is 1. The van der Waals surface area contributed by atoms with Crippen LogP contribution in [0, 0.1) is 0 Å². The van der Waals surface area contributed by atoms with Crippen LogP contribution in [0.15, 0.2) is 29.2 Å². The Balaban J connectivity index is 2.92. The van der Waals surface area contributed by atoms with Gasteiger partial charge >= 0.3 is 5.97 Å². The summed E-state index contributed by atoms with van der Waals surface area (Å²) in [6.07, 6.45) is -0.434. The van der Waals surface area contributed by atoms with Crippen molar-refractivity contribution < 1.29 is 23.1 Å². The summed E-state index contributed by atoms with van der Waals surface area (Å²) in [6, 6.07) is 5.45. The molecule has 0 aliphatic heterocycles. The Morgan fingerprint density at radius 2 is 1.71 bits per heavy atom. The lowest BCUT2D eigenvalue weighted by atomic mass is 10.2. The molecule has 0 aliphatic carbocycles. The summed E-state index contributed by atoms with van der Waals surface area (Å²) < 4.78 is 23.3. The number of carbonyl (C=O) groups is 2. The van der Waals surface area contributed by atoms with Crippen molar-refractivity contribution in [1.29, 1.82) is 0 Å². The lowest BCUT2D eigenvalue weighted by Crippen LogP contribution is -2.11. The number of benzene rings is 1. The second-order valence-corrected chi connectivity index (χ2v) is 5.65. The van der Waals surface area contributed by atoms with Crippen LogP contribution in [-0.2, 0) is 14.6 Å². The third kappa shape index (κ3) is 3.67. The van der Waals surface area contributed by atoms with Crippen LogP contribution in [0.25, 0.3) is 0 Å². The van der Waals surface area contributed by atoms with E-state index in [1.165, 1.54) is 31.2 Å². The molecule has 1 aromatic rings. The Morgan fingerprint density at radius 3 is 2.12 bits per heavy atom. The highest BCUT2D eigenvalue weighted by Crippen LogP contribution is 2.13. The summed E-state index contributed by atoms with van der Waals surface area (Å²) in [5.41, 5.74) is 0.419. The van der Waals surface area contributed by atoms with Gasteiger partial charge in [0.15, 0.2) is 15.6 Å². The van der Waals surface area contributed by atoms with Crippen molar-refractivity contribution >= 4 is 21.6 Å². The monoisotopic (exact) mass is 256 g/mol. The van der Waals surface area contributed by atoms with Crippen molar-refractivity contribution in [3.63, 3.8) is 0 Å². The molecule has 0 spiro atoms. The van der Waals surface area contributed by atoms with Gasteiger partial charge in [-0.15, -0.1) is 0 Å². The molecule has 1 N–H and O–H groups in total. The van der Waals surface area contributed by atoms with Crippen molar-refractivity contribution in [2.24, 2.45) is 0 Å². The van der Waals surface area contributed by atoms with E-state index >= 15 is 0 Å². The normalized spacial score (nSPS) is 11.1. The standard InChI is InChI=1S/C11H12O5S/c1-8(12)9-2-4-10(5-3-9)17(15,16)7-6-11(13)14/h2-5H,6-7H2,1H3,(H,13,14). The van der Waals surface area contributed by atoms with E-state index in [0.29, 0.717) is 5.56 Å². The number of aliphatic carboxylic acids is 1. The minimum atomic E-state index is -3.59. The minimum absolute atomic E-state index is 0.0313. The van der Waals surface area contributed by atoms with Crippen LogP contribution < -0.4 is 0 Å². The molecule has 0 heterocycles. The number of ketones is 1. The van der Waals surface area contributed by atoms with E-state index in [9.17, 15) is 18.0 Å². The van der Waals surface area contributed by atoms with E-state index < -0.39 is 28.0 Å². The molecule has 6 heteroatoms.